The number of rotatable bonds is 7. The molecule has 1 aliphatic rings. The normalized spacial score (nSPS) is 21.1. The van der Waals surface area contributed by atoms with Crippen molar-refractivity contribution in [3.63, 3.8) is 0 Å². The Bertz CT molecular complexity index is 646. The van der Waals surface area contributed by atoms with Gasteiger partial charge in [-0.1, -0.05) is 19.4 Å². The third-order valence-electron chi connectivity index (χ3n) is 4.15. The van der Waals surface area contributed by atoms with Crippen LogP contribution in [0.15, 0.2) is 24.3 Å². The van der Waals surface area contributed by atoms with E-state index in [2.05, 4.69) is 10.0 Å². The number of sulfonamides is 1. The van der Waals surface area contributed by atoms with E-state index in [-0.39, 0.29) is 17.7 Å². The van der Waals surface area contributed by atoms with Gasteiger partial charge in [0, 0.05) is 17.3 Å². The topological polar surface area (TPSA) is 101 Å². The van der Waals surface area contributed by atoms with Gasteiger partial charge in [0.05, 0.1) is 5.75 Å². The second kappa shape index (κ2) is 7.79. The molecule has 1 amide bonds. The number of benzene rings is 1. The summed E-state index contributed by atoms with van der Waals surface area (Å²) in [5, 5.41) is 3.02. The molecule has 2 rings (SSSR count). The van der Waals surface area contributed by atoms with E-state index in [1.54, 1.807) is 31.2 Å². The molecule has 6 nitrogen and oxygen atoms in total. The Labute approximate surface area is 137 Å². The van der Waals surface area contributed by atoms with E-state index in [0.717, 1.165) is 19.3 Å². The van der Waals surface area contributed by atoms with E-state index >= 15 is 0 Å². The van der Waals surface area contributed by atoms with E-state index in [0.29, 0.717) is 30.1 Å². The SMILES string of the molecule is CCCS(=O)(=O)Nc1cccc(C(=O)NC2CCCC2CN)c1. The van der Waals surface area contributed by atoms with E-state index < -0.39 is 10.0 Å². The molecule has 0 spiro atoms. The van der Waals surface area contributed by atoms with Gasteiger partial charge in [0.25, 0.3) is 5.91 Å². The maximum absolute atomic E-state index is 12.4. The van der Waals surface area contributed by atoms with Crippen LogP contribution in [0.4, 0.5) is 5.69 Å². The van der Waals surface area contributed by atoms with Crippen molar-refractivity contribution in [1.29, 1.82) is 0 Å². The van der Waals surface area contributed by atoms with Crippen molar-refractivity contribution in [2.24, 2.45) is 11.7 Å². The van der Waals surface area contributed by atoms with Gasteiger partial charge in [-0.2, -0.15) is 0 Å². The molecule has 0 aliphatic heterocycles. The first kappa shape index (κ1) is 17.7. The molecule has 1 aromatic carbocycles. The second-order valence-corrected chi connectivity index (χ2v) is 7.85. The number of nitrogens with two attached hydrogens (primary N) is 1. The van der Waals surface area contributed by atoms with Gasteiger partial charge in [0.15, 0.2) is 0 Å². The minimum atomic E-state index is -3.36. The molecule has 0 bridgehead atoms. The fraction of sp³-hybridized carbons (Fsp3) is 0.562. The monoisotopic (exact) mass is 339 g/mol. The minimum Gasteiger partial charge on any atom is -0.349 e. The molecule has 4 N–H and O–H groups in total. The van der Waals surface area contributed by atoms with Gasteiger partial charge >= 0.3 is 0 Å². The van der Waals surface area contributed by atoms with Crippen LogP contribution >= 0.6 is 0 Å². The molecule has 0 saturated heterocycles. The molecule has 128 valence electrons. The highest BCUT2D eigenvalue weighted by Crippen LogP contribution is 2.25. The molecule has 23 heavy (non-hydrogen) atoms. The highest BCUT2D eigenvalue weighted by atomic mass is 32.2. The van der Waals surface area contributed by atoms with Crippen molar-refractivity contribution < 1.29 is 13.2 Å². The fourth-order valence-corrected chi connectivity index (χ4v) is 4.11. The van der Waals surface area contributed by atoms with Crippen molar-refractivity contribution in [3.8, 4) is 0 Å². The molecule has 0 aromatic heterocycles. The van der Waals surface area contributed by atoms with Gasteiger partial charge < -0.3 is 11.1 Å². The Balaban J connectivity index is 2.05. The van der Waals surface area contributed by atoms with Crippen molar-refractivity contribution in [2.75, 3.05) is 17.0 Å². The average molecular weight is 339 g/mol. The third-order valence-corrected chi connectivity index (χ3v) is 5.64. The van der Waals surface area contributed by atoms with Gasteiger partial charge in [-0.05, 0) is 49.9 Å². The van der Waals surface area contributed by atoms with Crippen molar-refractivity contribution in [2.45, 2.75) is 38.6 Å². The smallest absolute Gasteiger partial charge is 0.251 e. The lowest BCUT2D eigenvalue weighted by Crippen LogP contribution is -2.39. The number of nitrogens with one attached hydrogen (secondary N) is 2. The Hall–Kier alpha value is -1.60. The Morgan fingerprint density at radius 2 is 2.13 bits per heavy atom. The predicted molar refractivity (Wildman–Crippen MR) is 91.8 cm³/mol. The van der Waals surface area contributed by atoms with E-state index in [1.165, 1.54) is 0 Å². The number of amides is 1. The molecule has 1 aromatic rings. The summed E-state index contributed by atoms with van der Waals surface area (Å²) < 4.78 is 26.1. The summed E-state index contributed by atoms with van der Waals surface area (Å²) in [5.74, 6) is 0.195. The zero-order valence-corrected chi connectivity index (χ0v) is 14.2. The molecule has 2 unspecified atom stereocenters. The maximum atomic E-state index is 12.4. The van der Waals surface area contributed by atoms with Gasteiger partial charge in [-0.3, -0.25) is 9.52 Å². The second-order valence-electron chi connectivity index (χ2n) is 6.01. The molecule has 2 atom stereocenters. The third kappa shape index (κ3) is 4.94. The molecule has 1 aliphatic carbocycles. The first-order valence-electron chi connectivity index (χ1n) is 8.06. The first-order chi connectivity index (χ1) is 10.9. The average Bonchev–Trinajstić information content (AvgIpc) is 2.94. The summed E-state index contributed by atoms with van der Waals surface area (Å²) in [6, 6.07) is 6.66. The zero-order chi connectivity index (χ0) is 16.9. The summed E-state index contributed by atoms with van der Waals surface area (Å²) in [7, 11) is -3.36. The number of carbonyl (C=O) groups is 1. The van der Waals surface area contributed by atoms with Crippen molar-refractivity contribution in [3.05, 3.63) is 29.8 Å². The van der Waals surface area contributed by atoms with Crippen molar-refractivity contribution in [1.82, 2.24) is 5.32 Å². The number of hydrogen-bond acceptors (Lipinski definition) is 4. The minimum absolute atomic E-state index is 0.0592. The maximum Gasteiger partial charge on any atom is 0.251 e. The first-order valence-corrected chi connectivity index (χ1v) is 9.72. The van der Waals surface area contributed by atoms with Gasteiger partial charge in [-0.25, -0.2) is 8.42 Å². The summed E-state index contributed by atoms with van der Waals surface area (Å²) in [6.07, 6.45) is 3.59. The standard InChI is InChI=1S/C16H25N3O3S/c1-2-9-23(21,22)19-14-7-3-5-12(10-14)16(20)18-15-8-4-6-13(15)11-17/h3,5,7,10,13,15,19H,2,4,6,8-9,11,17H2,1H3,(H,18,20). The molecule has 1 fully saturated rings. The molecular weight excluding hydrogens is 314 g/mol. The van der Waals surface area contributed by atoms with Gasteiger partial charge in [0.1, 0.15) is 0 Å². The Kier molecular flexibility index (Phi) is 6.01. The Morgan fingerprint density at radius 1 is 1.35 bits per heavy atom. The molecular formula is C16H25N3O3S. The van der Waals surface area contributed by atoms with E-state index in [9.17, 15) is 13.2 Å². The van der Waals surface area contributed by atoms with Crippen LogP contribution in [-0.2, 0) is 10.0 Å². The van der Waals surface area contributed by atoms with Crippen LogP contribution < -0.4 is 15.8 Å². The van der Waals surface area contributed by atoms with Crippen LogP contribution in [0.2, 0.25) is 0 Å². The van der Waals surface area contributed by atoms with E-state index in [1.807, 2.05) is 0 Å². The Morgan fingerprint density at radius 3 is 2.83 bits per heavy atom. The molecule has 0 radical (unpaired) electrons. The van der Waals surface area contributed by atoms with Crippen molar-refractivity contribution >= 4 is 21.6 Å². The lowest BCUT2D eigenvalue weighted by molar-refractivity contribution is 0.0929. The van der Waals surface area contributed by atoms with Crippen LogP contribution in [0, 0.1) is 5.92 Å². The summed E-state index contributed by atoms with van der Waals surface area (Å²) in [5.41, 5.74) is 6.59. The lowest BCUT2D eigenvalue weighted by atomic mass is 10.0. The summed E-state index contributed by atoms with van der Waals surface area (Å²) in [6.45, 7) is 2.38. The number of anilines is 1. The largest absolute Gasteiger partial charge is 0.349 e. The molecule has 7 heteroatoms. The summed E-state index contributed by atoms with van der Waals surface area (Å²) >= 11 is 0. The van der Waals surface area contributed by atoms with Crippen LogP contribution in [-0.4, -0.2) is 32.7 Å². The van der Waals surface area contributed by atoms with Crippen LogP contribution in [0.25, 0.3) is 0 Å². The highest BCUT2D eigenvalue weighted by Gasteiger charge is 2.27. The zero-order valence-electron chi connectivity index (χ0n) is 13.4. The van der Waals surface area contributed by atoms with Crippen LogP contribution in [0.1, 0.15) is 43.0 Å². The van der Waals surface area contributed by atoms with E-state index in [4.69, 9.17) is 5.73 Å². The van der Waals surface area contributed by atoms with Crippen LogP contribution in [0.3, 0.4) is 0 Å². The number of carbonyl (C=O) groups excluding carboxylic acids is 1. The number of hydrogen-bond donors (Lipinski definition) is 3. The lowest BCUT2D eigenvalue weighted by Gasteiger charge is -2.19. The van der Waals surface area contributed by atoms with Gasteiger partial charge in [-0.15, -0.1) is 0 Å². The quantitative estimate of drug-likeness (QED) is 0.703. The van der Waals surface area contributed by atoms with Crippen LogP contribution in [0.5, 0.6) is 0 Å². The summed E-state index contributed by atoms with van der Waals surface area (Å²) in [4.78, 5) is 12.4. The highest BCUT2D eigenvalue weighted by molar-refractivity contribution is 7.92. The predicted octanol–water partition coefficient (Wildman–Crippen LogP) is 1.70. The molecule has 0 heterocycles. The van der Waals surface area contributed by atoms with Gasteiger partial charge in [0.2, 0.25) is 10.0 Å². The fourth-order valence-electron chi connectivity index (χ4n) is 2.98. The molecule has 1 saturated carbocycles.